The minimum absolute atomic E-state index is 0.0397. The van der Waals surface area contributed by atoms with E-state index in [0.29, 0.717) is 6.54 Å². The summed E-state index contributed by atoms with van der Waals surface area (Å²) in [6.45, 7) is 4.04. The Kier molecular flexibility index (Phi) is 6.57. The second-order valence-corrected chi connectivity index (χ2v) is 5.83. The van der Waals surface area contributed by atoms with Crippen molar-refractivity contribution in [3.8, 4) is 5.75 Å². The third kappa shape index (κ3) is 5.08. The molecule has 0 saturated carbocycles. The number of esters is 1. The number of benzene rings is 2. The zero-order valence-electron chi connectivity index (χ0n) is 14.4. The second kappa shape index (κ2) is 8.87. The standard InChI is InChI=1S/C20H23NO4/c1-3-15(16-9-5-4-6-10-16)13-21-19(23)14(2)25-20(24)17-11-7-8-12-18(17)22/h4-12,14-15,22H,3,13H2,1-2H3,(H,21,23)/t14-,15+/m0/s1. The van der Waals surface area contributed by atoms with Gasteiger partial charge in [-0.2, -0.15) is 0 Å². The first-order valence-corrected chi connectivity index (χ1v) is 8.34. The van der Waals surface area contributed by atoms with E-state index in [2.05, 4.69) is 12.2 Å². The summed E-state index contributed by atoms with van der Waals surface area (Å²) in [5.74, 6) is -1.06. The summed E-state index contributed by atoms with van der Waals surface area (Å²) < 4.78 is 5.14. The van der Waals surface area contributed by atoms with Crippen molar-refractivity contribution < 1.29 is 19.4 Å². The van der Waals surface area contributed by atoms with Gasteiger partial charge in [0.1, 0.15) is 11.3 Å². The zero-order valence-corrected chi connectivity index (χ0v) is 14.4. The Morgan fingerprint density at radius 3 is 2.36 bits per heavy atom. The summed E-state index contributed by atoms with van der Waals surface area (Å²) in [5, 5.41) is 12.5. The summed E-state index contributed by atoms with van der Waals surface area (Å²) >= 11 is 0. The highest BCUT2D eigenvalue weighted by Crippen LogP contribution is 2.19. The lowest BCUT2D eigenvalue weighted by atomic mass is 9.96. The fourth-order valence-corrected chi connectivity index (χ4v) is 2.51. The Morgan fingerprint density at radius 1 is 1.08 bits per heavy atom. The topological polar surface area (TPSA) is 75.6 Å². The van der Waals surface area contributed by atoms with Crippen LogP contribution in [0, 0.1) is 0 Å². The van der Waals surface area contributed by atoms with E-state index in [1.807, 2.05) is 30.3 Å². The van der Waals surface area contributed by atoms with E-state index in [1.54, 1.807) is 12.1 Å². The lowest BCUT2D eigenvalue weighted by Gasteiger charge is -2.18. The molecule has 0 bridgehead atoms. The van der Waals surface area contributed by atoms with Crippen LogP contribution in [-0.2, 0) is 9.53 Å². The van der Waals surface area contributed by atoms with E-state index < -0.39 is 12.1 Å². The van der Waals surface area contributed by atoms with Crippen molar-refractivity contribution in [1.82, 2.24) is 5.32 Å². The van der Waals surface area contributed by atoms with Crippen LogP contribution in [0.2, 0.25) is 0 Å². The van der Waals surface area contributed by atoms with Crippen LogP contribution in [0.5, 0.6) is 5.75 Å². The number of hydrogen-bond acceptors (Lipinski definition) is 4. The van der Waals surface area contributed by atoms with E-state index >= 15 is 0 Å². The SMILES string of the molecule is CC[C@H](CNC(=O)[C@H](C)OC(=O)c1ccccc1O)c1ccccc1. The van der Waals surface area contributed by atoms with Crippen molar-refractivity contribution in [3.05, 3.63) is 65.7 Å². The van der Waals surface area contributed by atoms with E-state index in [9.17, 15) is 14.7 Å². The molecule has 25 heavy (non-hydrogen) atoms. The van der Waals surface area contributed by atoms with Gasteiger partial charge in [-0.1, -0.05) is 49.4 Å². The number of phenols is 1. The molecule has 0 aliphatic heterocycles. The molecule has 0 aliphatic carbocycles. The molecule has 5 heteroatoms. The third-order valence-electron chi connectivity index (χ3n) is 4.06. The molecule has 0 spiro atoms. The summed E-state index contributed by atoms with van der Waals surface area (Å²) in [4.78, 5) is 24.2. The zero-order chi connectivity index (χ0) is 18.2. The molecule has 5 nitrogen and oxygen atoms in total. The first-order chi connectivity index (χ1) is 12.0. The molecule has 2 aromatic rings. The fraction of sp³-hybridized carbons (Fsp3) is 0.300. The van der Waals surface area contributed by atoms with Gasteiger partial charge in [-0.15, -0.1) is 0 Å². The molecule has 2 aromatic carbocycles. The lowest BCUT2D eigenvalue weighted by Crippen LogP contribution is -2.38. The Balaban J connectivity index is 1.90. The minimum atomic E-state index is -0.944. The molecule has 2 atom stereocenters. The summed E-state index contributed by atoms with van der Waals surface area (Å²) in [6.07, 6.45) is -0.0588. The summed E-state index contributed by atoms with van der Waals surface area (Å²) in [6, 6.07) is 16.0. The molecule has 0 aliphatic rings. The Hall–Kier alpha value is -2.82. The minimum Gasteiger partial charge on any atom is -0.507 e. The number of phenolic OH excluding ortho intramolecular Hbond substituents is 1. The van der Waals surface area contributed by atoms with Crippen LogP contribution < -0.4 is 5.32 Å². The van der Waals surface area contributed by atoms with Crippen molar-refractivity contribution in [2.24, 2.45) is 0 Å². The maximum Gasteiger partial charge on any atom is 0.342 e. The molecule has 0 heterocycles. The van der Waals surface area contributed by atoms with Crippen LogP contribution in [0.4, 0.5) is 0 Å². The van der Waals surface area contributed by atoms with Crippen molar-refractivity contribution >= 4 is 11.9 Å². The van der Waals surface area contributed by atoms with Gasteiger partial charge in [0.05, 0.1) is 0 Å². The highest BCUT2D eigenvalue weighted by Gasteiger charge is 2.21. The fourth-order valence-electron chi connectivity index (χ4n) is 2.51. The molecule has 0 fully saturated rings. The summed E-state index contributed by atoms with van der Waals surface area (Å²) in [5.41, 5.74) is 1.20. The lowest BCUT2D eigenvalue weighted by molar-refractivity contribution is -0.129. The van der Waals surface area contributed by atoms with Crippen LogP contribution >= 0.6 is 0 Å². The van der Waals surface area contributed by atoms with Gasteiger partial charge in [0.15, 0.2) is 6.10 Å². The largest absolute Gasteiger partial charge is 0.507 e. The monoisotopic (exact) mass is 341 g/mol. The molecule has 132 valence electrons. The maximum absolute atomic E-state index is 12.2. The number of rotatable bonds is 7. The maximum atomic E-state index is 12.2. The highest BCUT2D eigenvalue weighted by atomic mass is 16.5. The van der Waals surface area contributed by atoms with Crippen molar-refractivity contribution in [2.45, 2.75) is 32.3 Å². The number of ether oxygens (including phenoxy) is 1. The third-order valence-corrected chi connectivity index (χ3v) is 4.06. The van der Waals surface area contributed by atoms with Crippen LogP contribution in [0.25, 0.3) is 0 Å². The Morgan fingerprint density at radius 2 is 1.72 bits per heavy atom. The number of nitrogens with one attached hydrogen (secondary N) is 1. The van der Waals surface area contributed by atoms with Crippen LogP contribution in [0.3, 0.4) is 0 Å². The van der Waals surface area contributed by atoms with Gasteiger partial charge in [0.2, 0.25) is 0 Å². The van der Waals surface area contributed by atoms with Crippen molar-refractivity contribution in [3.63, 3.8) is 0 Å². The molecule has 1 amide bonds. The molecule has 0 aromatic heterocycles. The van der Waals surface area contributed by atoms with Crippen LogP contribution in [0.1, 0.15) is 42.1 Å². The first-order valence-electron chi connectivity index (χ1n) is 8.34. The van der Waals surface area contributed by atoms with Gasteiger partial charge >= 0.3 is 5.97 Å². The molecule has 0 radical (unpaired) electrons. The van der Waals surface area contributed by atoms with E-state index in [-0.39, 0.29) is 23.1 Å². The van der Waals surface area contributed by atoms with Gasteiger partial charge < -0.3 is 15.2 Å². The van der Waals surface area contributed by atoms with E-state index in [1.165, 1.54) is 19.1 Å². The van der Waals surface area contributed by atoms with Gasteiger partial charge in [-0.3, -0.25) is 4.79 Å². The summed E-state index contributed by atoms with van der Waals surface area (Å²) in [7, 11) is 0. The molecule has 2 N–H and O–H groups in total. The van der Waals surface area contributed by atoms with Crippen molar-refractivity contribution in [1.29, 1.82) is 0 Å². The number of hydrogen-bond donors (Lipinski definition) is 2. The van der Waals surface area contributed by atoms with Crippen molar-refractivity contribution in [2.75, 3.05) is 6.54 Å². The normalized spacial score (nSPS) is 12.9. The quantitative estimate of drug-likeness (QED) is 0.758. The van der Waals surface area contributed by atoms with Gasteiger partial charge in [0, 0.05) is 12.5 Å². The number of para-hydroxylation sites is 1. The number of carbonyl (C=O) groups is 2. The van der Waals surface area contributed by atoms with Crippen LogP contribution in [0.15, 0.2) is 54.6 Å². The average Bonchev–Trinajstić information content (AvgIpc) is 2.63. The van der Waals surface area contributed by atoms with Crippen LogP contribution in [-0.4, -0.2) is 29.6 Å². The number of carbonyl (C=O) groups excluding carboxylic acids is 2. The number of aromatic hydroxyl groups is 1. The molecular weight excluding hydrogens is 318 g/mol. The predicted octanol–water partition coefficient (Wildman–Crippen LogP) is 3.25. The first kappa shape index (κ1) is 18.5. The molecule has 2 rings (SSSR count). The predicted molar refractivity (Wildman–Crippen MR) is 95.5 cm³/mol. The molecule has 0 unspecified atom stereocenters. The smallest absolute Gasteiger partial charge is 0.342 e. The van der Waals surface area contributed by atoms with Gasteiger partial charge in [-0.25, -0.2) is 4.79 Å². The van der Waals surface area contributed by atoms with Gasteiger partial charge in [0.25, 0.3) is 5.91 Å². The van der Waals surface area contributed by atoms with E-state index in [0.717, 1.165) is 12.0 Å². The van der Waals surface area contributed by atoms with E-state index in [4.69, 9.17) is 4.74 Å². The highest BCUT2D eigenvalue weighted by molar-refractivity contribution is 5.94. The molecular formula is C20H23NO4. The van der Waals surface area contributed by atoms with Gasteiger partial charge in [-0.05, 0) is 31.0 Å². The Labute approximate surface area is 147 Å². The average molecular weight is 341 g/mol. The Bertz CT molecular complexity index is 715. The molecule has 0 saturated heterocycles. The second-order valence-electron chi connectivity index (χ2n) is 5.83. The number of amides is 1.